The quantitative estimate of drug-likeness (QED) is 0.753. The second kappa shape index (κ2) is 9.27. The van der Waals surface area contributed by atoms with Crippen molar-refractivity contribution in [3.05, 3.63) is 29.8 Å². The standard InChI is InChI=1S/C18H27N3O3/c1-3-24-13-5-11-19-17(22)16-6-4-12-21(16)18(23)20-15-9-7-14(2)8-10-15/h7-10,16H,3-6,11-13H2,1-2H3,(H,19,22)(H,20,23)/t16-/m0/s1. The van der Waals surface area contributed by atoms with Crippen LogP contribution < -0.4 is 10.6 Å². The van der Waals surface area contributed by atoms with Gasteiger partial charge in [-0.2, -0.15) is 0 Å². The molecule has 1 aliphatic heterocycles. The minimum atomic E-state index is -0.387. The summed E-state index contributed by atoms with van der Waals surface area (Å²) in [6, 6.07) is 7.02. The molecule has 0 aromatic heterocycles. The molecule has 1 saturated heterocycles. The van der Waals surface area contributed by atoms with Crippen LogP contribution in [0.3, 0.4) is 0 Å². The number of hydrogen-bond donors (Lipinski definition) is 2. The Bertz CT molecular complexity index is 545. The Hall–Kier alpha value is -2.08. The Morgan fingerprint density at radius 2 is 2.04 bits per heavy atom. The van der Waals surface area contributed by atoms with Crippen LogP contribution >= 0.6 is 0 Å². The third kappa shape index (κ3) is 5.23. The number of ether oxygens (including phenoxy) is 1. The normalized spacial score (nSPS) is 16.9. The molecule has 0 bridgehead atoms. The molecule has 3 amide bonds. The van der Waals surface area contributed by atoms with Crippen LogP contribution in [0.25, 0.3) is 0 Å². The van der Waals surface area contributed by atoms with Crippen molar-refractivity contribution in [3.63, 3.8) is 0 Å². The largest absolute Gasteiger partial charge is 0.382 e. The number of urea groups is 1. The number of benzene rings is 1. The Morgan fingerprint density at radius 3 is 2.75 bits per heavy atom. The van der Waals surface area contributed by atoms with E-state index >= 15 is 0 Å². The highest BCUT2D eigenvalue weighted by Crippen LogP contribution is 2.19. The highest BCUT2D eigenvalue weighted by Gasteiger charge is 2.33. The van der Waals surface area contributed by atoms with Gasteiger partial charge in [0, 0.05) is 32.0 Å². The lowest BCUT2D eigenvalue weighted by Crippen LogP contribution is -2.47. The molecule has 1 atom stereocenters. The molecule has 1 fully saturated rings. The lowest BCUT2D eigenvalue weighted by Gasteiger charge is -2.24. The third-order valence-electron chi connectivity index (χ3n) is 4.09. The fourth-order valence-electron chi connectivity index (χ4n) is 2.76. The first kappa shape index (κ1) is 18.3. The Balaban J connectivity index is 1.83. The van der Waals surface area contributed by atoms with E-state index in [0.717, 1.165) is 24.1 Å². The topological polar surface area (TPSA) is 70.7 Å². The molecule has 1 aliphatic rings. The van der Waals surface area contributed by atoms with Crippen LogP contribution in [-0.2, 0) is 9.53 Å². The van der Waals surface area contributed by atoms with Gasteiger partial charge in [-0.3, -0.25) is 4.79 Å². The first-order valence-electron chi connectivity index (χ1n) is 8.61. The molecule has 0 aliphatic carbocycles. The van der Waals surface area contributed by atoms with Crippen LogP contribution in [0.1, 0.15) is 31.7 Å². The average Bonchev–Trinajstić information content (AvgIpc) is 3.06. The number of aryl methyl sites for hydroxylation is 1. The lowest BCUT2D eigenvalue weighted by molar-refractivity contribution is -0.124. The van der Waals surface area contributed by atoms with Crippen molar-refractivity contribution in [2.75, 3.05) is 31.6 Å². The number of nitrogens with zero attached hydrogens (tertiary/aromatic N) is 1. The number of anilines is 1. The number of carbonyl (C=O) groups is 2. The summed E-state index contributed by atoms with van der Waals surface area (Å²) in [6.07, 6.45) is 2.33. The summed E-state index contributed by atoms with van der Waals surface area (Å²) < 4.78 is 5.25. The molecule has 6 heteroatoms. The summed E-state index contributed by atoms with van der Waals surface area (Å²) in [6.45, 7) is 6.44. The van der Waals surface area contributed by atoms with Crippen molar-refractivity contribution < 1.29 is 14.3 Å². The van der Waals surface area contributed by atoms with E-state index in [9.17, 15) is 9.59 Å². The van der Waals surface area contributed by atoms with Crippen LogP contribution in [0.5, 0.6) is 0 Å². The molecular weight excluding hydrogens is 306 g/mol. The van der Waals surface area contributed by atoms with Gasteiger partial charge in [0.05, 0.1) is 0 Å². The summed E-state index contributed by atoms with van der Waals surface area (Å²) in [5.74, 6) is -0.0805. The first-order valence-corrected chi connectivity index (χ1v) is 8.61. The summed E-state index contributed by atoms with van der Waals surface area (Å²) >= 11 is 0. The van der Waals surface area contributed by atoms with E-state index in [4.69, 9.17) is 4.74 Å². The molecule has 0 spiro atoms. The van der Waals surface area contributed by atoms with Crippen LogP contribution in [0.4, 0.5) is 10.5 Å². The van der Waals surface area contributed by atoms with E-state index in [1.54, 1.807) is 4.90 Å². The van der Waals surface area contributed by atoms with E-state index in [-0.39, 0.29) is 18.0 Å². The molecule has 0 radical (unpaired) electrons. The number of rotatable bonds is 7. The van der Waals surface area contributed by atoms with Crippen molar-refractivity contribution in [1.82, 2.24) is 10.2 Å². The van der Waals surface area contributed by atoms with E-state index in [1.165, 1.54) is 0 Å². The monoisotopic (exact) mass is 333 g/mol. The summed E-state index contributed by atoms with van der Waals surface area (Å²) in [5, 5.41) is 5.77. The zero-order valence-corrected chi connectivity index (χ0v) is 14.5. The van der Waals surface area contributed by atoms with Crippen LogP contribution in [0, 0.1) is 6.92 Å². The molecule has 6 nitrogen and oxygen atoms in total. The SMILES string of the molecule is CCOCCCNC(=O)[C@@H]1CCCN1C(=O)Nc1ccc(C)cc1. The van der Waals surface area contributed by atoms with Gasteiger partial charge in [-0.1, -0.05) is 17.7 Å². The zero-order chi connectivity index (χ0) is 17.4. The van der Waals surface area contributed by atoms with Gasteiger partial charge in [0.15, 0.2) is 0 Å². The van der Waals surface area contributed by atoms with Crippen molar-refractivity contribution in [2.24, 2.45) is 0 Å². The maximum atomic E-state index is 12.4. The van der Waals surface area contributed by atoms with Crippen LogP contribution in [0.2, 0.25) is 0 Å². The maximum Gasteiger partial charge on any atom is 0.322 e. The predicted molar refractivity (Wildman–Crippen MR) is 94.0 cm³/mol. The van der Waals surface area contributed by atoms with Crippen molar-refractivity contribution >= 4 is 17.6 Å². The van der Waals surface area contributed by atoms with Gasteiger partial charge < -0.3 is 20.3 Å². The van der Waals surface area contributed by atoms with Crippen molar-refractivity contribution in [2.45, 2.75) is 39.2 Å². The van der Waals surface area contributed by atoms with Gasteiger partial charge in [-0.05, 0) is 45.2 Å². The highest BCUT2D eigenvalue weighted by molar-refractivity contribution is 5.94. The fourth-order valence-corrected chi connectivity index (χ4v) is 2.76. The Morgan fingerprint density at radius 1 is 1.29 bits per heavy atom. The number of carbonyl (C=O) groups excluding carboxylic acids is 2. The fraction of sp³-hybridized carbons (Fsp3) is 0.556. The van der Waals surface area contributed by atoms with Crippen LogP contribution in [-0.4, -0.2) is 49.2 Å². The number of nitrogens with one attached hydrogen (secondary N) is 2. The Labute approximate surface area is 143 Å². The summed E-state index contributed by atoms with van der Waals surface area (Å²) in [5.41, 5.74) is 1.88. The number of hydrogen-bond acceptors (Lipinski definition) is 3. The minimum absolute atomic E-state index is 0.0805. The molecule has 2 N–H and O–H groups in total. The minimum Gasteiger partial charge on any atom is -0.382 e. The molecular formula is C18H27N3O3. The second-order valence-electron chi connectivity index (χ2n) is 5.99. The van der Waals surface area contributed by atoms with Gasteiger partial charge in [0.2, 0.25) is 5.91 Å². The van der Waals surface area contributed by atoms with Gasteiger partial charge in [-0.25, -0.2) is 4.79 Å². The predicted octanol–water partition coefficient (Wildman–Crippen LogP) is 2.53. The average molecular weight is 333 g/mol. The molecule has 0 unspecified atom stereocenters. The number of amides is 3. The molecule has 1 heterocycles. The van der Waals surface area contributed by atoms with E-state index < -0.39 is 0 Å². The molecule has 1 aromatic carbocycles. The molecule has 132 valence electrons. The molecule has 24 heavy (non-hydrogen) atoms. The van der Waals surface area contributed by atoms with E-state index in [0.29, 0.717) is 32.7 Å². The maximum absolute atomic E-state index is 12.4. The van der Waals surface area contributed by atoms with Gasteiger partial charge in [0.1, 0.15) is 6.04 Å². The van der Waals surface area contributed by atoms with Gasteiger partial charge >= 0.3 is 6.03 Å². The zero-order valence-electron chi connectivity index (χ0n) is 14.5. The number of likely N-dealkylation sites (tertiary alicyclic amines) is 1. The third-order valence-corrected chi connectivity index (χ3v) is 4.09. The van der Waals surface area contributed by atoms with Gasteiger partial charge in [-0.15, -0.1) is 0 Å². The van der Waals surface area contributed by atoms with Gasteiger partial charge in [0.25, 0.3) is 0 Å². The summed E-state index contributed by atoms with van der Waals surface area (Å²) in [7, 11) is 0. The van der Waals surface area contributed by atoms with E-state index in [2.05, 4.69) is 10.6 Å². The van der Waals surface area contributed by atoms with Crippen molar-refractivity contribution in [3.8, 4) is 0 Å². The highest BCUT2D eigenvalue weighted by atomic mass is 16.5. The molecule has 0 saturated carbocycles. The first-order chi connectivity index (χ1) is 11.6. The molecule has 2 rings (SSSR count). The van der Waals surface area contributed by atoms with E-state index in [1.807, 2.05) is 38.1 Å². The Kier molecular flexibility index (Phi) is 7.06. The smallest absolute Gasteiger partial charge is 0.322 e. The van der Waals surface area contributed by atoms with Crippen molar-refractivity contribution in [1.29, 1.82) is 0 Å². The van der Waals surface area contributed by atoms with Crippen LogP contribution in [0.15, 0.2) is 24.3 Å². The molecule has 1 aromatic rings. The second-order valence-corrected chi connectivity index (χ2v) is 5.99. The lowest BCUT2D eigenvalue weighted by atomic mass is 10.2. The summed E-state index contributed by atoms with van der Waals surface area (Å²) in [4.78, 5) is 26.4.